The van der Waals surface area contributed by atoms with E-state index in [1.54, 1.807) is 13.8 Å². The molecule has 0 aromatic carbocycles. The number of carbonyl (C=O) groups is 4. The van der Waals surface area contributed by atoms with Crippen LogP contribution in [0.1, 0.15) is 94.9 Å². The topological polar surface area (TPSA) is 98.8 Å². The van der Waals surface area contributed by atoms with E-state index in [9.17, 15) is 19.2 Å². The van der Waals surface area contributed by atoms with Gasteiger partial charge < -0.3 is 14.8 Å². The molecule has 7 heteroatoms. The van der Waals surface area contributed by atoms with E-state index in [0.29, 0.717) is 54.9 Å². The normalized spacial score (nSPS) is 15.4. The first-order valence-electron chi connectivity index (χ1n) is 13.0. The highest BCUT2D eigenvalue weighted by atomic mass is 16.5. The summed E-state index contributed by atoms with van der Waals surface area (Å²) in [4.78, 5) is 52.3. The van der Waals surface area contributed by atoms with Crippen molar-refractivity contribution in [3.8, 4) is 0 Å². The molecule has 0 heterocycles. The predicted molar refractivity (Wildman–Crippen MR) is 142 cm³/mol. The summed E-state index contributed by atoms with van der Waals surface area (Å²) in [6.07, 6.45) is 1.44. The molecule has 36 heavy (non-hydrogen) atoms. The van der Waals surface area contributed by atoms with Crippen LogP contribution in [0.3, 0.4) is 0 Å². The molecule has 7 nitrogen and oxygen atoms in total. The van der Waals surface area contributed by atoms with Crippen molar-refractivity contribution in [3.63, 3.8) is 0 Å². The Hall–Kier alpha value is -2.12. The first-order valence-corrected chi connectivity index (χ1v) is 13.0. The third-order valence-corrected chi connectivity index (χ3v) is 6.41. The molecule has 1 aliphatic carbocycles. The molecule has 0 aliphatic heterocycles. The standard InChI is InChI=1S/C29H47NO6/c1-18(2)35-14-11-12-22(31)16-28(7,8)24-20(5)27(34)25(21(6)26(24)33)29(9,10)17-23(32)30-13-15-36-19(3)4/h18-19H,11-17H2,1-10H3,(H,30,32). The highest BCUT2D eigenvalue weighted by Gasteiger charge is 2.43. The minimum Gasteiger partial charge on any atom is -0.379 e. The molecule has 0 bridgehead atoms. The maximum absolute atomic E-state index is 13.5. The quantitative estimate of drug-likeness (QED) is 0.251. The molecule has 1 rings (SSSR count). The van der Waals surface area contributed by atoms with Gasteiger partial charge in [-0.3, -0.25) is 19.2 Å². The largest absolute Gasteiger partial charge is 0.379 e. The Balaban J connectivity index is 2.98. The molecule has 0 saturated carbocycles. The summed E-state index contributed by atoms with van der Waals surface area (Å²) < 4.78 is 11.0. The van der Waals surface area contributed by atoms with Gasteiger partial charge in [-0.15, -0.1) is 0 Å². The number of Topliss-reactive ketones (excluding diaryl/α,β-unsaturated/α-hetero) is 3. The fraction of sp³-hybridized carbons (Fsp3) is 0.724. The van der Waals surface area contributed by atoms with Crippen molar-refractivity contribution in [1.29, 1.82) is 0 Å². The van der Waals surface area contributed by atoms with Gasteiger partial charge in [-0.05, 0) is 48.0 Å². The summed E-state index contributed by atoms with van der Waals surface area (Å²) in [6, 6.07) is 0. The van der Waals surface area contributed by atoms with Crippen LogP contribution in [0.15, 0.2) is 22.3 Å². The summed E-state index contributed by atoms with van der Waals surface area (Å²) in [5.74, 6) is -0.609. The summed E-state index contributed by atoms with van der Waals surface area (Å²) in [5.41, 5.74) is -0.129. The minimum atomic E-state index is -0.830. The monoisotopic (exact) mass is 505 g/mol. The molecule has 1 N–H and O–H groups in total. The molecular formula is C29H47NO6. The Morgan fingerprint density at radius 2 is 1.22 bits per heavy atom. The van der Waals surface area contributed by atoms with Gasteiger partial charge in [0.2, 0.25) is 5.91 Å². The van der Waals surface area contributed by atoms with Crippen molar-refractivity contribution >= 4 is 23.3 Å². The van der Waals surface area contributed by atoms with Crippen molar-refractivity contribution in [3.05, 3.63) is 22.3 Å². The van der Waals surface area contributed by atoms with Crippen molar-refractivity contribution in [2.45, 2.75) is 107 Å². The number of rotatable bonds is 15. The number of allylic oxidation sites excluding steroid dienone is 4. The van der Waals surface area contributed by atoms with E-state index < -0.39 is 10.8 Å². The zero-order valence-electron chi connectivity index (χ0n) is 24.1. The second-order valence-electron chi connectivity index (χ2n) is 11.6. The second kappa shape index (κ2) is 13.4. The molecule has 0 aromatic heterocycles. The lowest BCUT2D eigenvalue weighted by molar-refractivity contribution is -0.124. The first kappa shape index (κ1) is 31.9. The zero-order valence-corrected chi connectivity index (χ0v) is 24.1. The number of nitrogens with one attached hydrogen (secondary N) is 1. The van der Waals surface area contributed by atoms with Gasteiger partial charge in [-0.1, -0.05) is 27.7 Å². The van der Waals surface area contributed by atoms with Crippen molar-refractivity contribution < 1.29 is 28.7 Å². The van der Waals surface area contributed by atoms with Crippen LogP contribution < -0.4 is 5.32 Å². The van der Waals surface area contributed by atoms with E-state index in [-0.39, 0.29) is 48.3 Å². The Bertz CT molecular complexity index is 831. The number of ether oxygens (including phenoxy) is 2. The Morgan fingerprint density at radius 1 is 0.778 bits per heavy atom. The van der Waals surface area contributed by atoms with Crippen molar-refractivity contribution in [2.75, 3.05) is 19.8 Å². The zero-order chi connectivity index (χ0) is 27.8. The van der Waals surface area contributed by atoms with Crippen LogP contribution in [-0.4, -0.2) is 55.2 Å². The summed E-state index contributed by atoms with van der Waals surface area (Å²) in [5, 5.41) is 2.83. The number of hydrogen-bond donors (Lipinski definition) is 1. The van der Waals surface area contributed by atoms with Crippen LogP contribution in [0.25, 0.3) is 0 Å². The number of ketones is 3. The first-order chi connectivity index (χ1) is 16.5. The van der Waals surface area contributed by atoms with Gasteiger partial charge >= 0.3 is 0 Å². The van der Waals surface area contributed by atoms with E-state index >= 15 is 0 Å². The fourth-order valence-electron chi connectivity index (χ4n) is 4.87. The van der Waals surface area contributed by atoms with E-state index in [2.05, 4.69) is 5.32 Å². The molecule has 0 atom stereocenters. The predicted octanol–water partition coefficient (Wildman–Crippen LogP) is 4.92. The summed E-state index contributed by atoms with van der Waals surface area (Å²) in [6.45, 7) is 19.7. The average Bonchev–Trinajstić information content (AvgIpc) is 2.71. The molecule has 0 spiro atoms. The molecule has 0 fully saturated rings. The Kier molecular flexibility index (Phi) is 11.9. The maximum atomic E-state index is 13.5. The lowest BCUT2D eigenvalue weighted by Crippen LogP contribution is -2.38. The van der Waals surface area contributed by atoms with Gasteiger partial charge in [-0.25, -0.2) is 0 Å². The smallest absolute Gasteiger partial charge is 0.220 e. The van der Waals surface area contributed by atoms with Crippen LogP contribution in [0.2, 0.25) is 0 Å². The average molecular weight is 506 g/mol. The fourth-order valence-corrected chi connectivity index (χ4v) is 4.87. The molecule has 1 aliphatic rings. The maximum Gasteiger partial charge on any atom is 0.220 e. The van der Waals surface area contributed by atoms with Crippen molar-refractivity contribution in [1.82, 2.24) is 5.32 Å². The molecule has 0 unspecified atom stereocenters. The molecule has 0 aromatic rings. The van der Waals surface area contributed by atoms with E-state index in [1.165, 1.54) is 0 Å². The van der Waals surface area contributed by atoms with Gasteiger partial charge in [-0.2, -0.15) is 0 Å². The molecule has 1 amide bonds. The van der Waals surface area contributed by atoms with E-state index in [0.717, 1.165) is 0 Å². The van der Waals surface area contributed by atoms with Gasteiger partial charge in [0.15, 0.2) is 11.6 Å². The SMILES string of the molecule is CC1=C(C(C)(C)CC(=O)CCCOC(C)C)C(=O)C(C)=C(C(C)(C)CC(=O)NCCOC(C)C)C1=O. The minimum absolute atomic E-state index is 0.0405. The molecule has 0 saturated heterocycles. The van der Waals surface area contributed by atoms with Crippen LogP contribution in [0, 0.1) is 10.8 Å². The molecular weight excluding hydrogens is 458 g/mol. The molecule has 204 valence electrons. The van der Waals surface area contributed by atoms with E-state index in [4.69, 9.17) is 9.47 Å². The van der Waals surface area contributed by atoms with Crippen molar-refractivity contribution in [2.24, 2.45) is 10.8 Å². The van der Waals surface area contributed by atoms with Crippen LogP contribution in [-0.2, 0) is 28.7 Å². The number of hydrogen-bond acceptors (Lipinski definition) is 6. The third kappa shape index (κ3) is 9.07. The highest BCUT2D eigenvalue weighted by Crippen LogP contribution is 2.44. The Morgan fingerprint density at radius 3 is 1.69 bits per heavy atom. The van der Waals surface area contributed by atoms with Gasteiger partial charge in [0.1, 0.15) is 5.78 Å². The van der Waals surface area contributed by atoms with Crippen LogP contribution in [0.5, 0.6) is 0 Å². The third-order valence-electron chi connectivity index (χ3n) is 6.41. The van der Waals surface area contributed by atoms with E-state index in [1.807, 2.05) is 55.4 Å². The second-order valence-corrected chi connectivity index (χ2v) is 11.6. The molecule has 0 radical (unpaired) electrons. The van der Waals surface area contributed by atoms with Crippen LogP contribution >= 0.6 is 0 Å². The van der Waals surface area contributed by atoms with Gasteiger partial charge in [0.25, 0.3) is 0 Å². The lowest BCUT2D eigenvalue weighted by atomic mass is 9.65. The van der Waals surface area contributed by atoms with Gasteiger partial charge in [0.05, 0.1) is 18.8 Å². The van der Waals surface area contributed by atoms with Crippen LogP contribution in [0.4, 0.5) is 0 Å². The summed E-state index contributed by atoms with van der Waals surface area (Å²) in [7, 11) is 0. The highest BCUT2D eigenvalue weighted by molar-refractivity contribution is 6.26. The lowest BCUT2D eigenvalue weighted by Gasteiger charge is -2.36. The number of amides is 1. The summed E-state index contributed by atoms with van der Waals surface area (Å²) >= 11 is 0. The Labute approximate surface area is 217 Å². The van der Waals surface area contributed by atoms with Gasteiger partial charge in [0, 0.05) is 65.5 Å². The number of carbonyl (C=O) groups excluding carboxylic acids is 4.